The third kappa shape index (κ3) is 2.43. The van der Waals surface area contributed by atoms with E-state index in [-0.39, 0.29) is 11.2 Å². The number of nitrogens with zero attached hydrogens (tertiary/aromatic N) is 3. The van der Waals surface area contributed by atoms with Gasteiger partial charge in [0.2, 0.25) is 0 Å². The molecular formula is C14H15N3O2S. The van der Waals surface area contributed by atoms with Crippen molar-refractivity contribution < 1.29 is 9.53 Å². The highest BCUT2D eigenvalue weighted by molar-refractivity contribution is 8.00. The first-order valence-corrected chi connectivity index (χ1v) is 7.35. The van der Waals surface area contributed by atoms with E-state index in [0.29, 0.717) is 6.61 Å². The SMILES string of the molecule is Cc1cccc(-n2c(C)nnc2S[C@H]2CCOC2=O)c1. The minimum atomic E-state index is -0.179. The molecule has 0 N–H and O–H groups in total. The summed E-state index contributed by atoms with van der Waals surface area (Å²) in [6.45, 7) is 4.45. The molecule has 5 nitrogen and oxygen atoms in total. The number of thioether (sulfide) groups is 1. The van der Waals surface area contributed by atoms with E-state index in [4.69, 9.17) is 4.74 Å². The lowest BCUT2D eigenvalue weighted by Crippen LogP contribution is -2.11. The van der Waals surface area contributed by atoms with Crippen LogP contribution in [0, 0.1) is 13.8 Å². The van der Waals surface area contributed by atoms with E-state index < -0.39 is 0 Å². The average Bonchev–Trinajstić information content (AvgIpc) is 2.97. The highest BCUT2D eigenvalue weighted by atomic mass is 32.2. The second kappa shape index (κ2) is 5.28. The van der Waals surface area contributed by atoms with Crippen LogP contribution in [0.1, 0.15) is 17.8 Å². The van der Waals surface area contributed by atoms with Gasteiger partial charge in [-0.3, -0.25) is 9.36 Å². The molecule has 20 heavy (non-hydrogen) atoms. The minimum Gasteiger partial charge on any atom is -0.465 e. The lowest BCUT2D eigenvalue weighted by molar-refractivity contribution is -0.137. The van der Waals surface area contributed by atoms with Gasteiger partial charge in [0.05, 0.1) is 6.61 Å². The van der Waals surface area contributed by atoms with Crippen LogP contribution in [0.25, 0.3) is 5.69 Å². The topological polar surface area (TPSA) is 57.0 Å². The lowest BCUT2D eigenvalue weighted by Gasteiger charge is -2.10. The number of hydrogen-bond donors (Lipinski definition) is 0. The van der Waals surface area contributed by atoms with E-state index in [1.807, 2.05) is 36.6 Å². The van der Waals surface area contributed by atoms with Crippen molar-refractivity contribution in [2.45, 2.75) is 30.7 Å². The molecule has 1 aliphatic heterocycles. The molecule has 0 unspecified atom stereocenters. The van der Waals surface area contributed by atoms with E-state index in [1.165, 1.54) is 17.3 Å². The van der Waals surface area contributed by atoms with Crippen LogP contribution in [0.3, 0.4) is 0 Å². The molecule has 1 aromatic carbocycles. The van der Waals surface area contributed by atoms with Gasteiger partial charge in [0.15, 0.2) is 5.16 Å². The summed E-state index contributed by atoms with van der Waals surface area (Å²) in [7, 11) is 0. The van der Waals surface area contributed by atoms with Gasteiger partial charge in [0, 0.05) is 12.1 Å². The monoisotopic (exact) mass is 289 g/mol. The Hall–Kier alpha value is -1.82. The summed E-state index contributed by atoms with van der Waals surface area (Å²) in [5, 5.41) is 8.87. The van der Waals surface area contributed by atoms with Gasteiger partial charge in [-0.1, -0.05) is 23.9 Å². The maximum atomic E-state index is 11.6. The van der Waals surface area contributed by atoms with Crippen molar-refractivity contribution >= 4 is 17.7 Å². The van der Waals surface area contributed by atoms with Crippen molar-refractivity contribution in [2.75, 3.05) is 6.61 Å². The molecule has 0 bridgehead atoms. The Labute approximate surface area is 121 Å². The Morgan fingerprint density at radius 3 is 2.90 bits per heavy atom. The zero-order valence-electron chi connectivity index (χ0n) is 11.4. The lowest BCUT2D eigenvalue weighted by atomic mass is 10.2. The Morgan fingerprint density at radius 1 is 1.35 bits per heavy atom. The molecule has 1 aliphatic rings. The van der Waals surface area contributed by atoms with E-state index in [1.54, 1.807) is 0 Å². The fourth-order valence-corrected chi connectivity index (χ4v) is 3.26. The molecular weight excluding hydrogens is 274 g/mol. The van der Waals surface area contributed by atoms with Crippen molar-refractivity contribution in [1.29, 1.82) is 0 Å². The Kier molecular flexibility index (Phi) is 3.48. The highest BCUT2D eigenvalue weighted by Crippen LogP contribution is 2.30. The summed E-state index contributed by atoms with van der Waals surface area (Å²) < 4.78 is 6.97. The van der Waals surface area contributed by atoms with Crippen LogP contribution in [-0.4, -0.2) is 32.6 Å². The Balaban J connectivity index is 1.95. The molecule has 0 aliphatic carbocycles. The molecule has 1 saturated heterocycles. The van der Waals surface area contributed by atoms with Gasteiger partial charge in [0.25, 0.3) is 0 Å². The Bertz CT molecular complexity index is 654. The van der Waals surface area contributed by atoms with Gasteiger partial charge in [-0.2, -0.15) is 0 Å². The highest BCUT2D eigenvalue weighted by Gasteiger charge is 2.29. The van der Waals surface area contributed by atoms with Crippen molar-refractivity contribution in [2.24, 2.45) is 0 Å². The van der Waals surface area contributed by atoms with Crippen LogP contribution < -0.4 is 0 Å². The zero-order chi connectivity index (χ0) is 14.1. The molecule has 104 valence electrons. The van der Waals surface area contributed by atoms with Gasteiger partial charge in [0.1, 0.15) is 11.1 Å². The third-order valence-electron chi connectivity index (χ3n) is 3.19. The molecule has 0 spiro atoms. The average molecular weight is 289 g/mol. The molecule has 0 saturated carbocycles. The van der Waals surface area contributed by atoms with Crippen LogP contribution in [-0.2, 0) is 9.53 Å². The first kappa shape index (κ1) is 13.2. The van der Waals surface area contributed by atoms with Gasteiger partial charge in [-0.05, 0) is 31.5 Å². The van der Waals surface area contributed by atoms with Crippen LogP contribution in [0.2, 0.25) is 0 Å². The van der Waals surface area contributed by atoms with Crippen molar-refractivity contribution in [3.05, 3.63) is 35.7 Å². The predicted molar refractivity (Wildman–Crippen MR) is 76.1 cm³/mol. The molecule has 1 fully saturated rings. The number of esters is 1. The quantitative estimate of drug-likeness (QED) is 0.811. The van der Waals surface area contributed by atoms with Crippen LogP contribution in [0.4, 0.5) is 0 Å². The number of carbonyl (C=O) groups is 1. The predicted octanol–water partition coefficient (Wildman–Crippen LogP) is 2.29. The van der Waals surface area contributed by atoms with E-state index in [2.05, 4.69) is 16.3 Å². The number of benzene rings is 1. The molecule has 6 heteroatoms. The molecule has 2 heterocycles. The summed E-state index contributed by atoms with van der Waals surface area (Å²) >= 11 is 1.42. The fraction of sp³-hybridized carbons (Fsp3) is 0.357. The number of aromatic nitrogens is 3. The second-order valence-electron chi connectivity index (χ2n) is 4.77. The van der Waals surface area contributed by atoms with E-state index in [9.17, 15) is 4.79 Å². The summed E-state index contributed by atoms with van der Waals surface area (Å²) in [4.78, 5) is 11.6. The summed E-state index contributed by atoms with van der Waals surface area (Å²) in [5.41, 5.74) is 2.19. The van der Waals surface area contributed by atoms with Crippen LogP contribution in [0.5, 0.6) is 0 Å². The Morgan fingerprint density at radius 2 is 2.20 bits per heavy atom. The summed E-state index contributed by atoms with van der Waals surface area (Å²) in [6.07, 6.45) is 0.725. The van der Waals surface area contributed by atoms with E-state index >= 15 is 0 Å². The maximum absolute atomic E-state index is 11.6. The minimum absolute atomic E-state index is 0.161. The number of cyclic esters (lactones) is 1. The number of carbonyl (C=O) groups excluding carboxylic acids is 1. The van der Waals surface area contributed by atoms with Gasteiger partial charge in [-0.25, -0.2) is 0 Å². The number of hydrogen-bond acceptors (Lipinski definition) is 5. The second-order valence-corrected chi connectivity index (χ2v) is 5.94. The standard InChI is InChI=1S/C14H15N3O2S/c1-9-4-3-5-11(8-9)17-10(2)15-16-14(17)20-12-6-7-19-13(12)18/h3-5,8,12H,6-7H2,1-2H3/t12-/m0/s1. The molecule has 1 atom stereocenters. The van der Waals surface area contributed by atoms with Gasteiger partial charge in [-0.15, -0.1) is 10.2 Å². The first-order valence-electron chi connectivity index (χ1n) is 6.47. The third-order valence-corrected chi connectivity index (χ3v) is 4.38. The number of ether oxygens (including phenoxy) is 1. The molecule has 3 rings (SSSR count). The van der Waals surface area contributed by atoms with Gasteiger partial charge < -0.3 is 4.74 Å². The van der Waals surface area contributed by atoms with Crippen LogP contribution in [0.15, 0.2) is 29.4 Å². The molecule has 1 aromatic heterocycles. The normalized spacial score (nSPS) is 18.3. The molecule has 0 amide bonds. The molecule has 0 radical (unpaired) electrons. The fourth-order valence-electron chi connectivity index (χ4n) is 2.20. The largest absolute Gasteiger partial charge is 0.465 e. The van der Waals surface area contributed by atoms with Crippen molar-refractivity contribution in [3.8, 4) is 5.69 Å². The number of rotatable bonds is 3. The van der Waals surface area contributed by atoms with Crippen LogP contribution >= 0.6 is 11.8 Å². The van der Waals surface area contributed by atoms with Gasteiger partial charge >= 0.3 is 5.97 Å². The number of aryl methyl sites for hydroxylation is 2. The first-order chi connectivity index (χ1) is 9.65. The summed E-state index contributed by atoms with van der Waals surface area (Å²) in [5.74, 6) is 0.649. The smallest absolute Gasteiger partial charge is 0.319 e. The molecule has 2 aromatic rings. The van der Waals surface area contributed by atoms with E-state index in [0.717, 1.165) is 23.1 Å². The summed E-state index contributed by atoms with van der Waals surface area (Å²) in [6, 6.07) is 8.14. The van der Waals surface area contributed by atoms with Crippen molar-refractivity contribution in [3.63, 3.8) is 0 Å². The van der Waals surface area contributed by atoms with Crippen molar-refractivity contribution in [1.82, 2.24) is 14.8 Å². The maximum Gasteiger partial charge on any atom is 0.319 e. The zero-order valence-corrected chi connectivity index (χ0v) is 12.2.